The Kier molecular flexibility index (Phi) is 5.53. The largest absolute Gasteiger partial charge is 0.507 e. The van der Waals surface area contributed by atoms with Gasteiger partial charge in [0.05, 0.1) is 24.8 Å². The van der Waals surface area contributed by atoms with E-state index in [-0.39, 0.29) is 29.1 Å². The second kappa shape index (κ2) is 7.95. The van der Waals surface area contributed by atoms with Crippen LogP contribution in [0.5, 0.6) is 5.75 Å². The molecule has 0 aliphatic carbocycles. The lowest BCUT2D eigenvalue weighted by atomic mass is 9.76. The number of hydrogen-bond donors (Lipinski definition) is 1. The standard InChI is InChI=1S/C22H31N3O4/c1-16-3-4-19(26)18(11-16)21(28)25-7-5-22(6-8-25)12-17(29-15-22)13-24-10-9-23(2)20(27)14-24/h3-4,11,17,26H,5-10,12-15H2,1-2H3/t17-/m1/s1. The summed E-state index contributed by atoms with van der Waals surface area (Å²) in [7, 11) is 1.85. The maximum Gasteiger partial charge on any atom is 0.257 e. The van der Waals surface area contributed by atoms with Gasteiger partial charge in [-0.2, -0.15) is 0 Å². The van der Waals surface area contributed by atoms with E-state index in [1.165, 1.54) is 0 Å². The van der Waals surface area contributed by atoms with Crippen LogP contribution < -0.4 is 0 Å². The van der Waals surface area contributed by atoms with Crippen molar-refractivity contribution in [1.82, 2.24) is 14.7 Å². The fourth-order valence-electron chi connectivity index (χ4n) is 4.79. The van der Waals surface area contributed by atoms with Crippen molar-refractivity contribution in [3.8, 4) is 5.75 Å². The molecule has 1 atom stereocenters. The second-order valence-corrected chi connectivity index (χ2v) is 9.00. The molecule has 1 N–H and O–H groups in total. The number of phenolic OH excluding ortho intramolecular Hbond substituents is 1. The Hall–Kier alpha value is -2.12. The van der Waals surface area contributed by atoms with Gasteiger partial charge in [0.25, 0.3) is 5.91 Å². The molecule has 3 saturated heterocycles. The lowest BCUT2D eigenvalue weighted by Crippen LogP contribution is -2.50. The molecule has 7 nitrogen and oxygen atoms in total. The number of phenols is 1. The number of aryl methyl sites for hydroxylation is 1. The predicted octanol–water partition coefficient (Wildman–Crippen LogP) is 1.49. The van der Waals surface area contributed by atoms with Gasteiger partial charge in [-0.15, -0.1) is 0 Å². The van der Waals surface area contributed by atoms with Crippen LogP contribution in [0, 0.1) is 12.3 Å². The number of ether oxygens (including phenoxy) is 1. The highest BCUT2D eigenvalue weighted by Gasteiger charge is 2.44. The molecule has 1 aromatic carbocycles. The van der Waals surface area contributed by atoms with Crippen LogP contribution in [-0.2, 0) is 9.53 Å². The Bertz CT molecular complexity index is 788. The van der Waals surface area contributed by atoms with Crippen LogP contribution in [0.2, 0.25) is 0 Å². The zero-order chi connectivity index (χ0) is 20.6. The molecule has 0 radical (unpaired) electrons. The molecule has 3 aliphatic rings. The predicted molar refractivity (Wildman–Crippen MR) is 109 cm³/mol. The van der Waals surface area contributed by atoms with Crippen molar-refractivity contribution in [3.05, 3.63) is 29.3 Å². The van der Waals surface area contributed by atoms with E-state index in [9.17, 15) is 14.7 Å². The first-order valence-corrected chi connectivity index (χ1v) is 10.5. The molecule has 0 unspecified atom stereocenters. The van der Waals surface area contributed by atoms with Gasteiger partial charge in [-0.1, -0.05) is 11.6 Å². The van der Waals surface area contributed by atoms with Gasteiger partial charge >= 0.3 is 0 Å². The maximum atomic E-state index is 12.9. The van der Waals surface area contributed by atoms with E-state index in [1.54, 1.807) is 23.1 Å². The second-order valence-electron chi connectivity index (χ2n) is 9.00. The van der Waals surface area contributed by atoms with Crippen molar-refractivity contribution in [2.75, 3.05) is 52.9 Å². The molecule has 1 aromatic rings. The van der Waals surface area contributed by atoms with Crippen molar-refractivity contribution >= 4 is 11.8 Å². The van der Waals surface area contributed by atoms with Gasteiger partial charge in [-0.25, -0.2) is 0 Å². The lowest BCUT2D eigenvalue weighted by molar-refractivity contribution is -0.134. The first-order chi connectivity index (χ1) is 13.8. The minimum absolute atomic E-state index is 0.0480. The first kappa shape index (κ1) is 20.2. The fourth-order valence-corrected chi connectivity index (χ4v) is 4.79. The highest BCUT2D eigenvalue weighted by molar-refractivity contribution is 5.97. The zero-order valence-electron chi connectivity index (χ0n) is 17.4. The van der Waals surface area contributed by atoms with Gasteiger partial charge < -0.3 is 19.6 Å². The van der Waals surface area contributed by atoms with Crippen molar-refractivity contribution in [3.63, 3.8) is 0 Å². The van der Waals surface area contributed by atoms with Crippen molar-refractivity contribution < 1.29 is 19.4 Å². The van der Waals surface area contributed by atoms with Gasteiger partial charge in [-0.05, 0) is 43.7 Å². The van der Waals surface area contributed by atoms with Crippen molar-refractivity contribution in [2.45, 2.75) is 32.3 Å². The molecular weight excluding hydrogens is 370 g/mol. The number of hydrogen-bond acceptors (Lipinski definition) is 5. The topological polar surface area (TPSA) is 73.3 Å². The third-order valence-corrected chi connectivity index (χ3v) is 6.78. The Balaban J connectivity index is 1.31. The van der Waals surface area contributed by atoms with Crippen LogP contribution >= 0.6 is 0 Å². The Morgan fingerprint density at radius 1 is 1.24 bits per heavy atom. The van der Waals surface area contributed by atoms with E-state index in [2.05, 4.69) is 4.90 Å². The molecule has 3 aliphatic heterocycles. The maximum absolute atomic E-state index is 12.9. The van der Waals surface area contributed by atoms with Crippen molar-refractivity contribution in [2.24, 2.45) is 5.41 Å². The highest BCUT2D eigenvalue weighted by atomic mass is 16.5. The van der Waals surface area contributed by atoms with Gasteiger partial charge in [0.2, 0.25) is 5.91 Å². The summed E-state index contributed by atoms with van der Waals surface area (Å²) >= 11 is 0. The minimum Gasteiger partial charge on any atom is -0.507 e. The van der Waals surface area contributed by atoms with E-state index in [0.29, 0.717) is 25.2 Å². The molecule has 29 heavy (non-hydrogen) atoms. The van der Waals surface area contributed by atoms with Crippen LogP contribution in [0.25, 0.3) is 0 Å². The number of carbonyl (C=O) groups excluding carboxylic acids is 2. The summed E-state index contributed by atoms with van der Waals surface area (Å²) in [6.07, 6.45) is 2.99. The summed E-state index contributed by atoms with van der Waals surface area (Å²) in [5.41, 5.74) is 1.49. The number of piperidine rings is 1. The summed E-state index contributed by atoms with van der Waals surface area (Å²) in [5.74, 6) is 0.134. The molecule has 2 amide bonds. The van der Waals surface area contributed by atoms with E-state index >= 15 is 0 Å². The molecular formula is C22H31N3O4. The smallest absolute Gasteiger partial charge is 0.257 e. The van der Waals surface area contributed by atoms with Gasteiger partial charge in [0.1, 0.15) is 5.75 Å². The van der Waals surface area contributed by atoms with E-state index < -0.39 is 0 Å². The molecule has 3 fully saturated rings. The number of amides is 2. The minimum atomic E-state index is -0.0903. The van der Waals surface area contributed by atoms with E-state index in [4.69, 9.17) is 4.74 Å². The first-order valence-electron chi connectivity index (χ1n) is 10.5. The molecule has 0 aromatic heterocycles. The number of rotatable bonds is 3. The number of carbonyl (C=O) groups is 2. The molecule has 0 saturated carbocycles. The van der Waals surface area contributed by atoms with E-state index in [0.717, 1.165) is 51.1 Å². The zero-order valence-corrected chi connectivity index (χ0v) is 17.4. The number of piperazine rings is 1. The number of likely N-dealkylation sites (N-methyl/N-ethyl adjacent to an activating group) is 1. The highest BCUT2D eigenvalue weighted by Crippen LogP contribution is 2.42. The third kappa shape index (κ3) is 4.26. The summed E-state index contributed by atoms with van der Waals surface area (Å²) < 4.78 is 6.12. The number of nitrogens with zero attached hydrogens (tertiary/aromatic N) is 3. The molecule has 1 spiro atoms. The molecule has 7 heteroatoms. The number of likely N-dealkylation sites (tertiary alicyclic amines) is 1. The summed E-state index contributed by atoms with van der Waals surface area (Å²) in [5, 5.41) is 10.1. The normalized spacial score (nSPS) is 25.0. The monoisotopic (exact) mass is 401 g/mol. The molecule has 3 heterocycles. The quantitative estimate of drug-likeness (QED) is 0.831. The van der Waals surface area contributed by atoms with Crippen LogP contribution in [-0.4, -0.2) is 90.6 Å². The summed E-state index contributed by atoms with van der Waals surface area (Å²) in [4.78, 5) is 30.6. The Morgan fingerprint density at radius 3 is 2.72 bits per heavy atom. The number of aromatic hydroxyl groups is 1. The lowest BCUT2D eigenvalue weighted by Gasteiger charge is -2.39. The average Bonchev–Trinajstić information content (AvgIpc) is 3.09. The van der Waals surface area contributed by atoms with Crippen LogP contribution in [0.3, 0.4) is 0 Å². The van der Waals surface area contributed by atoms with Crippen LogP contribution in [0.15, 0.2) is 18.2 Å². The van der Waals surface area contributed by atoms with Crippen LogP contribution in [0.1, 0.15) is 35.2 Å². The summed E-state index contributed by atoms with van der Waals surface area (Å²) in [6.45, 7) is 7.00. The average molecular weight is 402 g/mol. The van der Waals surface area contributed by atoms with E-state index in [1.807, 2.05) is 18.9 Å². The fraction of sp³-hybridized carbons (Fsp3) is 0.636. The Morgan fingerprint density at radius 2 is 2.00 bits per heavy atom. The molecule has 158 valence electrons. The SMILES string of the molecule is Cc1ccc(O)c(C(=O)N2CCC3(CC2)CO[C@@H](CN2CCN(C)C(=O)C2)C3)c1. The Labute approximate surface area is 172 Å². The molecule has 4 rings (SSSR count). The van der Waals surface area contributed by atoms with Gasteiger partial charge in [0.15, 0.2) is 0 Å². The summed E-state index contributed by atoms with van der Waals surface area (Å²) in [6, 6.07) is 5.15. The van der Waals surface area contributed by atoms with Gasteiger partial charge in [-0.3, -0.25) is 14.5 Å². The van der Waals surface area contributed by atoms with Gasteiger partial charge in [0, 0.05) is 39.8 Å². The third-order valence-electron chi connectivity index (χ3n) is 6.78. The number of benzene rings is 1. The molecule has 0 bridgehead atoms. The van der Waals surface area contributed by atoms with Crippen molar-refractivity contribution in [1.29, 1.82) is 0 Å². The van der Waals surface area contributed by atoms with Crippen LogP contribution in [0.4, 0.5) is 0 Å².